The zero-order valence-electron chi connectivity index (χ0n) is 17.2. The van der Waals surface area contributed by atoms with Crippen molar-refractivity contribution >= 4 is 52.0 Å². The molecule has 1 saturated heterocycles. The molecule has 0 unspecified atom stereocenters. The molecule has 30 heavy (non-hydrogen) atoms. The lowest BCUT2D eigenvalue weighted by Crippen LogP contribution is -2.30. The molecule has 154 valence electrons. The van der Waals surface area contributed by atoms with E-state index in [2.05, 4.69) is 113 Å². The number of thioether (sulfide) groups is 1. The summed E-state index contributed by atoms with van der Waals surface area (Å²) in [5.74, 6) is -0.0400. The zero-order chi connectivity index (χ0) is 21.3. The van der Waals surface area contributed by atoms with E-state index in [1.165, 1.54) is 20.9 Å². The van der Waals surface area contributed by atoms with Crippen molar-refractivity contribution in [3.8, 4) is 5.69 Å². The molecule has 2 aromatic carbocycles. The minimum atomic E-state index is -0.170. The van der Waals surface area contributed by atoms with E-state index < -0.39 is 0 Å². The number of carbonyl (C=O) groups excluding carboxylic acids is 1. The molecule has 0 saturated carbocycles. The van der Waals surface area contributed by atoms with E-state index in [9.17, 15) is 4.79 Å². The molecule has 1 atom stereocenters. The van der Waals surface area contributed by atoms with Crippen molar-refractivity contribution in [1.29, 1.82) is 0 Å². The number of aromatic nitrogens is 1. The number of rotatable bonds is 5. The molecule has 0 bridgehead atoms. The summed E-state index contributed by atoms with van der Waals surface area (Å²) in [7, 11) is 0. The minimum absolute atomic E-state index is 0.0400. The highest BCUT2D eigenvalue weighted by Gasteiger charge is 2.27. The van der Waals surface area contributed by atoms with Crippen molar-refractivity contribution in [3.63, 3.8) is 0 Å². The van der Waals surface area contributed by atoms with Crippen LogP contribution >= 0.6 is 34.4 Å². The predicted octanol–water partition coefficient (Wildman–Crippen LogP) is 5.86. The fraction of sp³-hybridized carbons (Fsp3) is 0.208. The second-order valence-corrected chi connectivity index (χ2v) is 9.71. The molecule has 3 aromatic rings. The van der Waals surface area contributed by atoms with Crippen molar-refractivity contribution in [2.45, 2.75) is 32.7 Å². The van der Waals surface area contributed by atoms with Crippen LogP contribution in [0, 0.1) is 17.4 Å². The van der Waals surface area contributed by atoms with E-state index in [0.29, 0.717) is 0 Å². The van der Waals surface area contributed by atoms with Crippen LogP contribution in [0.5, 0.6) is 0 Å². The average molecular weight is 529 g/mol. The van der Waals surface area contributed by atoms with Crippen LogP contribution in [0.2, 0.25) is 0 Å². The van der Waals surface area contributed by atoms with E-state index in [1.807, 2.05) is 6.08 Å². The molecular formula is C24H24IN3OS. The lowest BCUT2D eigenvalue weighted by atomic mass is 10.1. The van der Waals surface area contributed by atoms with Crippen molar-refractivity contribution in [1.82, 2.24) is 9.88 Å². The van der Waals surface area contributed by atoms with Crippen LogP contribution < -0.4 is 10.6 Å². The molecule has 4 rings (SSSR count). The summed E-state index contributed by atoms with van der Waals surface area (Å²) in [5, 5.41) is 6.40. The largest absolute Gasteiger partial charge is 0.357 e. The Bertz CT molecular complexity index is 1100. The first-order valence-corrected chi connectivity index (χ1v) is 11.9. The van der Waals surface area contributed by atoms with Crippen LogP contribution in [0.3, 0.4) is 0 Å². The summed E-state index contributed by atoms with van der Waals surface area (Å²) in [6, 6.07) is 18.9. The second kappa shape index (κ2) is 8.89. The van der Waals surface area contributed by atoms with Gasteiger partial charge in [-0.05, 0) is 103 Å². The summed E-state index contributed by atoms with van der Waals surface area (Å²) in [4.78, 5) is 13.3. The number of aryl methyl sites for hydroxylation is 2. The molecule has 0 aliphatic carbocycles. The molecule has 1 aliphatic rings. The number of nitrogens with zero attached hydrogens (tertiary/aromatic N) is 1. The van der Waals surface area contributed by atoms with Gasteiger partial charge in [-0.15, -0.1) is 0 Å². The maximum absolute atomic E-state index is 12.5. The minimum Gasteiger partial charge on any atom is -0.357 e. The van der Waals surface area contributed by atoms with Crippen LogP contribution in [-0.4, -0.2) is 16.0 Å². The molecule has 2 heterocycles. The average Bonchev–Trinajstić information content (AvgIpc) is 3.21. The van der Waals surface area contributed by atoms with Gasteiger partial charge < -0.3 is 15.2 Å². The van der Waals surface area contributed by atoms with Crippen molar-refractivity contribution in [2.24, 2.45) is 0 Å². The van der Waals surface area contributed by atoms with E-state index in [0.717, 1.165) is 39.7 Å². The summed E-state index contributed by atoms with van der Waals surface area (Å²) in [5.41, 5.74) is 6.60. The molecule has 1 aliphatic heterocycles. The van der Waals surface area contributed by atoms with Crippen LogP contribution in [0.25, 0.3) is 11.8 Å². The standard InChI is InChI=1S/C24H24IN3OS/c1-4-17-5-9-20(10-6-17)26-24-27-23(29)22(30-24)14-18-13-15(2)28(16(18)3)21-11-7-19(25)8-12-21/h5-14,24,26H,4H2,1-3H3,(H,27,29)/b22-14+/t24-/m1/s1. The Morgan fingerprint density at radius 3 is 2.50 bits per heavy atom. The van der Waals surface area contributed by atoms with Gasteiger partial charge in [0, 0.05) is 26.3 Å². The van der Waals surface area contributed by atoms with Gasteiger partial charge in [-0.3, -0.25) is 4.79 Å². The van der Waals surface area contributed by atoms with Gasteiger partial charge in [0.15, 0.2) is 5.50 Å². The Kier molecular flexibility index (Phi) is 6.24. The van der Waals surface area contributed by atoms with Gasteiger partial charge in [-0.25, -0.2) is 0 Å². The van der Waals surface area contributed by atoms with Gasteiger partial charge in [-0.2, -0.15) is 0 Å². The highest BCUT2D eigenvalue weighted by atomic mass is 127. The van der Waals surface area contributed by atoms with Crippen molar-refractivity contribution in [3.05, 3.63) is 85.6 Å². The Hall–Kier alpha value is -2.19. The van der Waals surface area contributed by atoms with Gasteiger partial charge >= 0.3 is 0 Å². The van der Waals surface area contributed by atoms with E-state index >= 15 is 0 Å². The zero-order valence-corrected chi connectivity index (χ0v) is 20.2. The summed E-state index contributed by atoms with van der Waals surface area (Å²) in [6.45, 7) is 6.33. The fourth-order valence-corrected chi connectivity index (χ4v) is 4.95. The third-order valence-corrected chi connectivity index (χ3v) is 6.98. The quantitative estimate of drug-likeness (QED) is 0.322. The first-order valence-electron chi connectivity index (χ1n) is 9.94. The topological polar surface area (TPSA) is 46.1 Å². The van der Waals surface area contributed by atoms with Crippen LogP contribution in [-0.2, 0) is 11.2 Å². The number of hydrogen-bond acceptors (Lipinski definition) is 3. The van der Waals surface area contributed by atoms with E-state index in [4.69, 9.17) is 0 Å². The number of halogens is 1. The first-order chi connectivity index (χ1) is 14.4. The van der Waals surface area contributed by atoms with Crippen LogP contribution in [0.1, 0.15) is 29.4 Å². The molecule has 1 aromatic heterocycles. The monoisotopic (exact) mass is 529 g/mol. The third-order valence-electron chi connectivity index (χ3n) is 5.23. The maximum atomic E-state index is 12.5. The summed E-state index contributed by atoms with van der Waals surface area (Å²) >= 11 is 3.83. The van der Waals surface area contributed by atoms with E-state index in [1.54, 1.807) is 0 Å². The number of benzene rings is 2. The number of amides is 1. The Labute approximate surface area is 195 Å². The SMILES string of the molecule is CCc1ccc(N[C@@H]2NC(=O)/C(=C\c3cc(C)n(-c4ccc(I)cc4)c3C)S2)cc1. The Balaban J connectivity index is 1.54. The highest BCUT2D eigenvalue weighted by Crippen LogP contribution is 2.32. The van der Waals surface area contributed by atoms with Gasteiger partial charge in [0.05, 0.1) is 4.91 Å². The van der Waals surface area contributed by atoms with Crippen molar-refractivity contribution in [2.75, 3.05) is 5.32 Å². The molecule has 1 amide bonds. The maximum Gasteiger partial charge on any atom is 0.260 e. The lowest BCUT2D eigenvalue weighted by molar-refractivity contribution is -0.116. The number of anilines is 1. The van der Waals surface area contributed by atoms with Crippen LogP contribution in [0.15, 0.2) is 59.5 Å². The fourth-order valence-electron chi connectivity index (χ4n) is 3.62. The molecule has 1 fully saturated rings. The Morgan fingerprint density at radius 2 is 1.83 bits per heavy atom. The highest BCUT2D eigenvalue weighted by molar-refractivity contribution is 14.1. The molecule has 2 N–H and O–H groups in total. The van der Waals surface area contributed by atoms with Gasteiger partial charge in [0.2, 0.25) is 0 Å². The van der Waals surface area contributed by atoms with Gasteiger partial charge in [-0.1, -0.05) is 30.8 Å². The number of hydrogen-bond donors (Lipinski definition) is 2. The lowest BCUT2D eigenvalue weighted by Gasteiger charge is -2.12. The smallest absolute Gasteiger partial charge is 0.260 e. The van der Waals surface area contributed by atoms with E-state index in [-0.39, 0.29) is 11.4 Å². The molecule has 0 spiro atoms. The van der Waals surface area contributed by atoms with Crippen LogP contribution in [0.4, 0.5) is 5.69 Å². The third kappa shape index (κ3) is 4.44. The van der Waals surface area contributed by atoms with Crippen molar-refractivity contribution < 1.29 is 4.79 Å². The summed E-state index contributed by atoms with van der Waals surface area (Å²) < 4.78 is 3.44. The predicted molar refractivity (Wildman–Crippen MR) is 135 cm³/mol. The first kappa shape index (κ1) is 21.1. The molecule has 4 nitrogen and oxygen atoms in total. The molecule has 0 radical (unpaired) electrons. The second-order valence-electron chi connectivity index (χ2n) is 7.31. The van der Waals surface area contributed by atoms with Gasteiger partial charge in [0.25, 0.3) is 5.91 Å². The molecular weight excluding hydrogens is 505 g/mol. The van der Waals surface area contributed by atoms with Gasteiger partial charge in [0.1, 0.15) is 0 Å². The normalized spacial score (nSPS) is 17.4. The summed E-state index contributed by atoms with van der Waals surface area (Å²) in [6.07, 6.45) is 3.01. The number of nitrogens with one attached hydrogen (secondary N) is 2. The molecule has 6 heteroatoms. The number of carbonyl (C=O) groups is 1. The Morgan fingerprint density at radius 1 is 1.13 bits per heavy atom.